The molecule has 0 bridgehead atoms. The predicted molar refractivity (Wildman–Crippen MR) is 51.4 cm³/mol. The van der Waals surface area contributed by atoms with Gasteiger partial charge in [0.2, 0.25) is 0 Å². The summed E-state index contributed by atoms with van der Waals surface area (Å²) in [6.07, 6.45) is 0.0824. The average Bonchev–Trinajstić information content (AvgIpc) is 2.17. The molecule has 0 spiro atoms. The van der Waals surface area contributed by atoms with Gasteiger partial charge >= 0.3 is 5.97 Å². The van der Waals surface area contributed by atoms with Gasteiger partial charge in [0, 0.05) is 6.07 Å². The Kier molecular flexibility index (Phi) is 3.77. The van der Waals surface area contributed by atoms with Crippen molar-refractivity contribution in [1.29, 1.82) is 0 Å². The van der Waals surface area contributed by atoms with Crippen molar-refractivity contribution in [2.45, 2.75) is 19.3 Å². The monoisotopic (exact) mass is 214 g/mol. The fourth-order valence-electron chi connectivity index (χ4n) is 1.34. The summed E-state index contributed by atoms with van der Waals surface area (Å²) in [4.78, 5) is 11.0. The van der Waals surface area contributed by atoms with Gasteiger partial charge in [-0.25, -0.2) is 8.78 Å². The molecule has 1 aromatic carbocycles. The first-order valence-electron chi connectivity index (χ1n) is 4.56. The van der Waals surface area contributed by atoms with Crippen LogP contribution in [0.2, 0.25) is 0 Å². The summed E-state index contributed by atoms with van der Waals surface area (Å²) >= 11 is 0. The number of benzene rings is 1. The van der Waals surface area contributed by atoms with Gasteiger partial charge in [-0.1, -0.05) is 13.0 Å². The molecule has 0 radical (unpaired) electrons. The number of carbonyl (C=O) groups excluding carboxylic acids is 1. The third kappa shape index (κ3) is 3.01. The summed E-state index contributed by atoms with van der Waals surface area (Å²) in [5.74, 6) is -1.99. The Balaban J connectivity index is 2.82. The summed E-state index contributed by atoms with van der Waals surface area (Å²) in [7, 11) is 1.27. The van der Waals surface area contributed by atoms with Gasteiger partial charge in [0.25, 0.3) is 0 Å². The molecule has 0 aliphatic rings. The molecule has 0 N–H and O–H groups in total. The maximum absolute atomic E-state index is 13.3. The zero-order valence-corrected chi connectivity index (χ0v) is 8.59. The van der Waals surface area contributed by atoms with Crippen molar-refractivity contribution in [1.82, 2.24) is 0 Å². The highest BCUT2D eigenvalue weighted by Crippen LogP contribution is 2.22. The summed E-state index contributed by atoms with van der Waals surface area (Å²) in [5, 5.41) is 0. The Hall–Kier alpha value is -1.45. The van der Waals surface area contributed by atoms with E-state index in [2.05, 4.69) is 4.74 Å². The molecule has 4 heteroatoms. The van der Waals surface area contributed by atoms with Gasteiger partial charge in [-0.3, -0.25) is 4.79 Å². The van der Waals surface area contributed by atoms with E-state index in [0.717, 1.165) is 6.07 Å². The second-order valence-corrected chi connectivity index (χ2v) is 3.35. The van der Waals surface area contributed by atoms with E-state index in [-0.39, 0.29) is 12.3 Å². The Morgan fingerprint density at radius 1 is 1.47 bits per heavy atom. The van der Waals surface area contributed by atoms with Crippen molar-refractivity contribution in [3.05, 3.63) is 35.4 Å². The van der Waals surface area contributed by atoms with Gasteiger partial charge < -0.3 is 4.74 Å². The average molecular weight is 214 g/mol. The molecular weight excluding hydrogens is 202 g/mol. The highest BCUT2D eigenvalue weighted by Gasteiger charge is 2.15. The Morgan fingerprint density at radius 3 is 2.67 bits per heavy atom. The van der Waals surface area contributed by atoms with Crippen LogP contribution >= 0.6 is 0 Å². The topological polar surface area (TPSA) is 26.3 Å². The molecular formula is C11H12F2O2. The number of halogens is 2. The first kappa shape index (κ1) is 11.6. The van der Waals surface area contributed by atoms with Gasteiger partial charge in [-0.15, -0.1) is 0 Å². The van der Waals surface area contributed by atoms with Gasteiger partial charge in [-0.2, -0.15) is 0 Å². The predicted octanol–water partition coefficient (Wildman–Crippen LogP) is 2.63. The summed E-state index contributed by atoms with van der Waals surface area (Å²) in [6.45, 7) is 1.69. The van der Waals surface area contributed by atoms with Crippen LogP contribution in [-0.4, -0.2) is 13.1 Å². The minimum atomic E-state index is -0.633. The number of rotatable bonds is 3. The lowest BCUT2D eigenvalue weighted by atomic mass is 9.97. The number of ether oxygens (including phenoxy) is 1. The smallest absolute Gasteiger partial charge is 0.306 e. The molecule has 1 aromatic rings. The summed E-state index contributed by atoms with van der Waals surface area (Å²) in [5.41, 5.74) is 0.321. The normalized spacial score (nSPS) is 12.3. The SMILES string of the molecule is COC(=O)CC(C)c1ccc(F)cc1F. The van der Waals surface area contributed by atoms with Crippen LogP contribution in [0.5, 0.6) is 0 Å². The molecule has 0 saturated carbocycles. The molecule has 1 atom stereocenters. The molecule has 2 nitrogen and oxygen atoms in total. The van der Waals surface area contributed by atoms with Crippen LogP contribution in [0.3, 0.4) is 0 Å². The van der Waals surface area contributed by atoms with Crippen LogP contribution in [0.1, 0.15) is 24.8 Å². The lowest BCUT2D eigenvalue weighted by molar-refractivity contribution is -0.140. The molecule has 1 unspecified atom stereocenters. The molecule has 1 rings (SSSR count). The van der Waals surface area contributed by atoms with E-state index < -0.39 is 17.6 Å². The van der Waals surface area contributed by atoms with Crippen molar-refractivity contribution in [2.24, 2.45) is 0 Å². The van der Waals surface area contributed by atoms with Crippen LogP contribution in [-0.2, 0) is 9.53 Å². The molecule has 0 aromatic heterocycles. The standard InChI is InChI=1S/C11H12F2O2/c1-7(5-11(14)15-2)9-4-3-8(12)6-10(9)13/h3-4,6-7H,5H2,1-2H3. The molecule has 82 valence electrons. The van der Waals surface area contributed by atoms with E-state index in [1.165, 1.54) is 19.2 Å². The van der Waals surface area contributed by atoms with Crippen LogP contribution in [0.4, 0.5) is 8.78 Å². The molecule has 0 heterocycles. The summed E-state index contributed by atoms with van der Waals surface area (Å²) < 4.78 is 30.3. The van der Waals surface area contributed by atoms with E-state index >= 15 is 0 Å². The fourth-order valence-corrected chi connectivity index (χ4v) is 1.34. The number of hydrogen-bond acceptors (Lipinski definition) is 2. The molecule has 0 amide bonds. The minimum Gasteiger partial charge on any atom is -0.469 e. The van der Waals surface area contributed by atoms with Crippen LogP contribution in [0, 0.1) is 11.6 Å². The van der Waals surface area contributed by atoms with E-state index in [1.807, 2.05) is 0 Å². The lowest BCUT2D eigenvalue weighted by Gasteiger charge is -2.11. The number of hydrogen-bond donors (Lipinski definition) is 0. The first-order valence-corrected chi connectivity index (χ1v) is 4.56. The molecule has 0 aliphatic heterocycles. The number of esters is 1. The maximum atomic E-state index is 13.3. The zero-order chi connectivity index (χ0) is 11.4. The van der Waals surface area contributed by atoms with Crippen molar-refractivity contribution in [3.8, 4) is 0 Å². The number of carbonyl (C=O) groups is 1. The second-order valence-electron chi connectivity index (χ2n) is 3.35. The van der Waals surface area contributed by atoms with E-state index in [1.54, 1.807) is 6.92 Å². The molecule has 15 heavy (non-hydrogen) atoms. The Morgan fingerprint density at radius 2 is 2.13 bits per heavy atom. The second kappa shape index (κ2) is 4.87. The highest BCUT2D eigenvalue weighted by molar-refractivity contribution is 5.70. The number of methoxy groups -OCH3 is 1. The highest BCUT2D eigenvalue weighted by atomic mass is 19.1. The van der Waals surface area contributed by atoms with Crippen molar-refractivity contribution in [3.63, 3.8) is 0 Å². The third-order valence-electron chi connectivity index (χ3n) is 2.19. The quantitative estimate of drug-likeness (QED) is 0.723. The lowest BCUT2D eigenvalue weighted by Crippen LogP contribution is -2.07. The van der Waals surface area contributed by atoms with Gasteiger partial charge in [0.15, 0.2) is 0 Å². The van der Waals surface area contributed by atoms with Crippen LogP contribution in [0.25, 0.3) is 0 Å². The van der Waals surface area contributed by atoms with Gasteiger partial charge in [-0.05, 0) is 17.5 Å². The van der Waals surface area contributed by atoms with Crippen molar-refractivity contribution in [2.75, 3.05) is 7.11 Å². The maximum Gasteiger partial charge on any atom is 0.306 e. The van der Waals surface area contributed by atoms with E-state index in [4.69, 9.17) is 0 Å². The summed E-state index contributed by atoms with van der Waals surface area (Å²) in [6, 6.07) is 3.33. The Bertz CT molecular complexity index is 364. The van der Waals surface area contributed by atoms with Crippen molar-refractivity contribution < 1.29 is 18.3 Å². The molecule has 0 aliphatic carbocycles. The Labute approximate surface area is 86.9 Å². The van der Waals surface area contributed by atoms with Gasteiger partial charge in [0.05, 0.1) is 13.5 Å². The zero-order valence-electron chi connectivity index (χ0n) is 8.59. The van der Waals surface area contributed by atoms with Crippen LogP contribution in [0.15, 0.2) is 18.2 Å². The minimum absolute atomic E-state index is 0.0824. The van der Waals surface area contributed by atoms with E-state index in [9.17, 15) is 13.6 Å². The molecule has 0 fully saturated rings. The molecule has 0 saturated heterocycles. The first-order chi connectivity index (χ1) is 7.04. The van der Waals surface area contributed by atoms with Crippen LogP contribution < -0.4 is 0 Å². The fraction of sp³-hybridized carbons (Fsp3) is 0.364. The van der Waals surface area contributed by atoms with Gasteiger partial charge in [0.1, 0.15) is 11.6 Å². The van der Waals surface area contributed by atoms with E-state index in [0.29, 0.717) is 5.56 Å². The third-order valence-corrected chi connectivity index (χ3v) is 2.19. The van der Waals surface area contributed by atoms with Crippen molar-refractivity contribution >= 4 is 5.97 Å². The largest absolute Gasteiger partial charge is 0.469 e.